The van der Waals surface area contributed by atoms with Crippen LogP contribution in [0.1, 0.15) is 0 Å². The molecule has 0 unspecified atom stereocenters. The zero-order valence-corrected chi connectivity index (χ0v) is 12.3. The molecule has 104 valence electrons. The van der Waals surface area contributed by atoms with Crippen molar-refractivity contribution in [2.24, 2.45) is 0 Å². The first-order chi connectivity index (χ1) is 8.66. The monoisotopic (exact) mass is 344 g/mol. The van der Waals surface area contributed by atoms with E-state index < -0.39 is 30.6 Å². The predicted octanol–water partition coefficient (Wildman–Crippen LogP) is 2.93. The molecule has 0 saturated carbocycles. The molecule has 0 radical (unpaired) electrons. The molecular weight excluding hydrogens is 339 g/mol. The summed E-state index contributed by atoms with van der Waals surface area (Å²) in [5, 5.41) is 10.0. The van der Waals surface area contributed by atoms with E-state index in [1.165, 1.54) is 0 Å². The second-order valence-electron chi connectivity index (χ2n) is 3.31. The lowest BCUT2D eigenvalue weighted by Gasteiger charge is -2.08. The molecule has 0 spiro atoms. The first kappa shape index (κ1) is 16.2. The number of nitro groups is 1. The van der Waals surface area contributed by atoms with Crippen LogP contribution in [0.3, 0.4) is 0 Å². The van der Waals surface area contributed by atoms with E-state index in [4.69, 9.17) is 34.8 Å². The van der Waals surface area contributed by atoms with E-state index in [1.54, 1.807) is 0 Å². The van der Waals surface area contributed by atoms with Crippen LogP contribution in [0.25, 0.3) is 0 Å². The average Bonchev–Trinajstić information content (AvgIpc) is 2.25. The van der Waals surface area contributed by atoms with Crippen LogP contribution < -0.4 is 4.72 Å². The van der Waals surface area contributed by atoms with Crippen LogP contribution in [0.5, 0.6) is 0 Å². The van der Waals surface area contributed by atoms with Crippen molar-refractivity contribution < 1.29 is 13.3 Å². The van der Waals surface area contributed by atoms with Crippen LogP contribution in [0.2, 0.25) is 10.0 Å². The van der Waals surface area contributed by atoms with Gasteiger partial charge in [-0.05, 0) is 12.1 Å². The van der Waals surface area contributed by atoms with E-state index in [-0.39, 0.29) is 16.6 Å². The standard InChI is InChI=1S/C9H7Cl3N2O4S/c1-5(10)4-13-19(17,18)7-3-2-6(11)9(8(7)12)14(15)16/h2-3,13H,1,4H2. The topological polar surface area (TPSA) is 89.3 Å². The first-order valence-electron chi connectivity index (χ1n) is 4.62. The van der Waals surface area contributed by atoms with Crippen molar-refractivity contribution in [2.45, 2.75) is 4.90 Å². The molecule has 1 N–H and O–H groups in total. The fraction of sp³-hybridized carbons (Fsp3) is 0.111. The Labute approximate surface area is 124 Å². The van der Waals surface area contributed by atoms with E-state index in [9.17, 15) is 18.5 Å². The van der Waals surface area contributed by atoms with Crippen molar-refractivity contribution >= 4 is 50.5 Å². The number of nitrogens with zero attached hydrogens (tertiary/aromatic N) is 1. The minimum Gasteiger partial charge on any atom is -0.258 e. The number of sulfonamides is 1. The number of rotatable bonds is 5. The molecule has 0 heterocycles. The highest BCUT2D eigenvalue weighted by molar-refractivity contribution is 7.89. The normalized spacial score (nSPS) is 11.3. The summed E-state index contributed by atoms with van der Waals surface area (Å²) in [6.45, 7) is 3.08. The second-order valence-corrected chi connectivity index (χ2v) is 6.36. The molecule has 0 aliphatic rings. The van der Waals surface area contributed by atoms with Crippen LogP contribution in [0.4, 0.5) is 5.69 Å². The van der Waals surface area contributed by atoms with Gasteiger partial charge in [0.25, 0.3) is 0 Å². The third kappa shape index (κ3) is 3.80. The summed E-state index contributed by atoms with van der Waals surface area (Å²) < 4.78 is 25.9. The van der Waals surface area contributed by atoms with E-state index in [2.05, 4.69) is 11.3 Å². The molecule has 0 atom stereocenters. The Morgan fingerprint density at radius 1 is 1.42 bits per heavy atom. The Morgan fingerprint density at radius 2 is 2.00 bits per heavy atom. The van der Waals surface area contributed by atoms with Gasteiger partial charge >= 0.3 is 5.69 Å². The fourth-order valence-electron chi connectivity index (χ4n) is 1.15. The molecular formula is C9H7Cl3N2O4S. The fourth-order valence-corrected chi connectivity index (χ4v) is 3.21. The Hall–Kier alpha value is -0.860. The molecule has 0 aliphatic heterocycles. The lowest BCUT2D eigenvalue weighted by molar-refractivity contribution is -0.384. The van der Waals surface area contributed by atoms with E-state index >= 15 is 0 Å². The molecule has 0 amide bonds. The highest BCUT2D eigenvalue weighted by Gasteiger charge is 2.27. The Morgan fingerprint density at radius 3 is 2.47 bits per heavy atom. The smallest absolute Gasteiger partial charge is 0.258 e. The van der Waals surface area contributed by atoms with Gasteiger partial charge in [0.1, 0.15) is 14.9 Å². The maximum Gasteiger partial charge on any atom is 0.307 e. The quantitative estimate of drug-likeness (QED) is 0.656. The molecule has 1 aromatic rings. The molecule has 0 aliphatic carbocycles. The van der Waals surface area contributed by atoms with Gasteiger partial charge in [0.05, 0.1) is 4.92 Å². The molecule has 0 fully saturated rings. The Balaban J connectivity index is 3.33. The van der Waals surface area contributed by atoms with Gasteiger partial charge in [-0.25, -0.2) is 13.1 Å². The van der Waals surface area contributed by atoms with Crippen molar-refractivity contribution in [1.82, 2.24) is 4.72 Å². The van der Waals surface area contributed by atoms with Gasteiger partial charge in [-0.15, -0.1) is 0 Å². The largest absolute Gasteiger partial charge is 0.307 e. The molecule has 1 aromatic carbocycles. The zero-order valence-electron chi connectivity index (χ0n) is 9.19. The zero-order chi connectivity index (χ0) is 14.8. The summed E-state index contributed by atoms with van der Waals surface area (Å²) in [4.78, 5) is 9.46. The van der Waals surface area contributed by atoms with E-state index in [0.717, 1.165) is 12.1 Å². The lowest BCUT2D eigenvalue weighted by atomic mass is 10.3. The highest BCUT2D eigenvalue weighted by atomic mass is 35.5. The van der Waals surface area contributed by atoms with Crippen LogP contribution in [-0.4, -0.2) is 19.9 Å². The molecule has 0 aromatic heterocycles. The summed E-state index contributed by atoms with van der Waals surface area (Å²) in [7, 11) is -4.05. The van der Waals surface area contributed by atoms with Gasteiger partial charge < -0.3 is 0 Å². The third-order valence-electron chi connectivity index (χ3n) is 1.96. The van der Waals surface area contributed by atoms with Gasteiger partial charge in [0.15, 0.2) is 0 Å². The summed E-state index contributed by atoms with van der Waals surface area (Å²) in [6, 6.07) is 2.15. The second kappa shape index (κ2) is 6.06. The van der Waals surface area contributed by atoms with Crippen molar-refractivity contribution in [1.29, 1.82) is 0 Å². The van der Waals surface area contributed by atoms with Crippen LogP contribution in [-0.2, 0) is 10.0 Å². The minimum atomic E-state index is -4.05. The van der Waals surface area contributed by atoms with E-state index in [0.29, 0.717) is 0 Å². The lowest BCUT2D eigenvalue weighted by Crippen LogP contribution is -2.25. The predicted molar refractivity (Wildman–Crippen MR) is 73.3 cm³/mol. The summed E-state index contributed by atoms with van der Waals surface area (Å²) in [5.74, 6) is 0. The number of nitro benzene ring substituents is 1. The number of halogens is 3. The number of benzene rings is 1. The minimum absolute atomic E-state index is 0.0585. The van der Waals surface area contributed by atoms with Crippen molar-refractivity contribution in [3.05, 3.63) is 43.9 Å². The van der Waals surface area contributed by atoms with Gasteiger partial charge in [0, 0.05) is 11.6 Å². The SMILES string of the molecule is C=C(Cl)CNS(=O)(=O)c1ccc(Cl)c([N+](=O)[O-])c1Cl. The number of nitrogens with one attached hydrogen (secondary N) is 1. The molecule has 0 saturated heterocycles. The van der Waals surface area contributed by atoms with Gasteiger partial charge in [-0.1, -0.05) is 41.4 Å². The van der Waals surface area contributed by atoms with Crippen LogP contribution in [0.15, 0.2) is 28.6 Å². The highest BCUT2D eigenvalue weighted by Crippen LogP contribution is 2.36. The van der Waals surface area contributed by atoms with Gasteiger partial charge in [0.2, 0.25) is 10.0 Å². The summed E-state index contributed by atoms with van der Waals surface area (Å²) in [5.41, 5.74) is -0.670. The van der Waals surface area contributed by atoms with E-state index in [1.807, 2.05) is 0 Å². The van der Waals surface area contributed by atoms with Crippen molar-refractivity contribution in [3.8, 4) is 0 Å². The average molecular weight is 346 g/mol. The molecule has 1 rings (SSSR count). The summed E-state index contributed by atoms with van der Waals surface area (Å²) in [6.07, 6.45) is 0. The van der Waals surface area contributed by atoms with Crippen LogP contribution >= 0.6 is 34.8 Å². The summed E-state index contributed by atoms with van der Waals surface area (Å²) >= 11 is 16.7. The Bertz CT molecular complexity index is 645. The van der Waals surface area contributed by atoms with Crippen molar-refractivity contribution in [3.63, 3.8) is 0 Å². The van der Waals surface area contributed by atoms with Gasteiger partial charge in [-0.3, -0.25) is 10.1 Å². The first-order valence-corrected chi connectivity index (χ1v) is 7.24. The molecule has 0 bridgehead atoms. The Kier molecular flexibility index (Phi) is 5.17. The number of hydrogen-bond acceptors (Lipinski definition) is 4. The third-order valence-corrected chi connectivity index (χ3v) is 4.33. The van der Waals surface area contributed by atoms with Gasteiger partial charge in [-0.2, -0.15) is 0 Å². The number of hydrogen-bond donors (Lipinski definition) is 1. The molecule has 19 heavy (non-hydrogen) atoms. The molecule has 6 nitrogen and oxygen atoms in total. The van der Waals surface area contributed by atoms with Crippen molar-refractivity contribution in [2.75, 3.05) is 6.54 Å². The van der Waals surface area contributed by atoms with Crippen LogP contribution in [0, 0.1) is 10.1 Å². The molecule has 10 heteroatoms. The maximum absolute atomic E-state index is 11.9. The maximum atomic E-state index is 11.9.